The Hall–Kier alpha value is -2.58. The third-order valence-corrected chi connectivity index (χ3v) is 6.18. The Morgan fingerprint density at radius 1 is 0.667 bits per heavy atom. The third-order valence-electron chi connectivity index (χ3n) is 6.18. The van der Waals surface area contributed by atoms with Gasteiger partial charge in [0.1, 0.15) is 5.75 Å². The van der Waals surface area contributed by atoms with E-state index in [9.17, 15) is 0 Å². The first kappa shape index (κ1) is 20.7. The molecular weight excluding hydrogens is 368 g/mol. The molecule has 0 saturated heterocycles. The summed E-state index contributed by atoms with van der Waals surface area (Å²) in [7, 11) is 0. The van der Waals surface area contributed by atoms with Crippen LogP contribution < -0.4 is 4.74 Å². The fraction of sp³-hybridized carbons (Fsp3) is 0.357. The topological polar surface area (TPSA) is 18.5 Å². The van der Waals surface area contributed by atoms with E-state index in [4.69, 9.17) is 9.47 Å². The third kappa shape index (κ3) is 4.76. The highest BCUT2D eigenvalue weighted by atomic mass is 16.5. The second-order valence-corrected chi connectivity index (χ2v) is 8.49. The molecule has 2 aliphatic heterocycles. The van der Waals surface area contributed by atoms with Crippen molar-refractivity contribution in [1.29, 1.82) is 0 Å². The number of rotatable bonds is 0. The summed E-state index contributed by atoms with van der Waals surface area (Å²) in [6.45, 7) is 8.86. The quantitative estimate of drug-likeness (QED) is 0.432. The van der Waals surface area contributed by atoms with E-state index in [-0.39, 0.29) is 0 Å². The molecule has 156 valence electrons. The fourth-order valence-corrected chi connectivity index (χ4v) is 4.45. The van der Waals surface area contributed by atoms with Gasteiger partial charge in [0.15, 0.2) is 0 Å². The molecule has 6 rings (SSSR count). The van der Waals surface area contributed by atoms with Crippen molar-refractivity contribution in [1.82, 2.24) is 0 Å². The van der Waals surface area contributed by atoms with Crippen molar-refractivity contribution in [2.24, 2.45) is 0 Å². The van der Waals surface area contributed by atoms with Crippen molar-refractivity contribution in [2.45, 2.75) is 59.7 Å². The maximum atomic E-state index is 5.43. The molecule has 0 N–H and O–H groups in total. The Morgan fingerprint density at radius 3 is 2.23 bits per heavy atom. The number of ether oxygens (including phenoxy) is 2. The summed E-state index contributed by atoms with van der Waals surface area (Å²) in [5.41, 5.74) is 11.3. The van der Waals surface area contributed by atoms with Crippen LogP contribution in [0.25, 0.3) is 0 Å². The number of hydrogen-bond donors (Lipinski definition) is 0. The molecule has 0 saturated carbocycles. The molecule has 3 aromatic carbocycles. The van der Waals surface area contributed by atoms with Gasteiger partial charge in [-0.3, -0.25) is 0 Å². The zero-order valence-corrected chi connectivity index (χ0v) is 18.5. The smallest absolute Gasteiger partial charge is 0.125 e. The highest BCUT2D eigenvalue weighted by molar-refractivity contribution is 5.43. The summed E-state index contributed by atoms with van der Waals surface area (Å²) in [4.78, 5) is 0. The SMILES string of the molecule is Cc1ccc2c(c1)CCC2.Cc1cccc2c1COC2.Cc1cccc2c1OCC2. The van der Waals surface area contributed by atoms with Gasteiger partial charge in [-0.2, -0.15) is 0 Å². The molecule has 2 heterocycles. The van der Waals surface area contributed by atoms with Gasteiger partial charge in [0.2, 0.25) is 0 Å². The van der Waals surface area contributed by atoms with Crippen molar-refractivity contribution in [2.75, 3.05) is 6.61 Å². The van der Waals surface area contributed by atoms with Crippen molar-refractivity contribution >= 4 is 0 Å². The van der Waals surface area contributed by atoms with Gasteiger partial charge >= 0.3 is 0 Å². The first-order chi connectivity index (χ1) is 14.6. The van der Waals surface area contributed by atoms with Gasteiger partial charge in [0.25, 0.3) is 0 Å². The van der Waals surface area contributed by atoms with Crippen molar-refractivity contribution < 1.29 is 9.47 Å². The van der Waals surface area contributed by atoms with Gasteiger partial charge in [-0.05, 0) is 79.0 Å². The molecule has 0 radical (unpaired) electrons. The van der Waals surface area contributed by atoms with Crippen LogP contribution in [-0.2, 0) is 37.2 Å². The van der Waals surface area contributed by atoms with Gasteiger partial charge in [-0.1, -0.05) is 60.2 Å². The van der Waals surface area contributed by atoms with Crippen LogP contribution in [0.3, 0.4) is 0 Å². The summed E-state index contributed by atoms with van der Waals surface area (Å²) in [6.07, 6.45) is 5.04. The van der Waals surface area contributed by atoms with E-state index in [1.807, 2.05) is 0 Å². The zero-order valence-electron chi connectivity index (χ0n) is 18.5. The minimum atomic E-state index is 0.803. The molecule has 30 heavy (non-hydrogen) atoms. The molecule has 0 amide bonds. The summed E-state index contributed by atoms with van der Waals surface area (Å²) < 4.78 is 10.7. The van der Waals surface area contributed by atoms with Crippen LogP contribution in [0.5, 0.6) is 5.75 Å². The fourth-order valence-electron chi connectivity index (χ4n) is 4.45. The molecule has 0 aromatic heterocycles. The molecule has 3 aromatic rings. The predicted molar refractivity (Wildman–Crippen MR) is 123 cm³/mol. The minimum Gasteiger partial charge on any atom is -0.493 e. The van der Waals surface area contributed by atoms with Gasteiger partial charge in [0.05, 0.1) is 19.8 Å². The predicted octanol–water partition coefficient (Wildman–Crippen LogP) is 6.44. The molecule has 1 aliphatic carbocycles. The number of fused-ring (bicyclic) bond motifs is 3. The second-order valence-electron chi connectivity index (χ2n) is 8.49. The average Bonchev–Trinajstić information content (AvgIpc) is 3.49. The Kier molecular flexibility index (Phi) is 6.54. The molecular formula is C28H32O2. The van der Waals surface area contributed by atoms with Crippen molar-refractivity contribution in [3.05, 3.63) is 99.1 Å². The van der Waals surface area contributed by atoms with E-state index in [0.717, 1.165) is 32.0 Å². The Morgan fingerprint density at radius 2 is 1.43 bits per heavy atom. The number of benzene rings is 3. The number of aryl methyl sites for hydroxylation is 5. The lowest BCUT2D eigenvalue weighted by molar-refractivity contribution is 0.134. The van der Waals surface area contributed by atoms with Gasteiger partial charge in [-0.15, -0.1) is 0 Å². The van der Waals surface area contributed by atoms with Crippen LogP contribution in [-0.4, -0.2) is 6.61 Å². The average molecular weight is 401 g/mol. The van der Waals surface area contributed by atoms with Crippen LogP contribution in [0.2, 0.25) is 0 Å². The van der Waals surface area contributed by atoms with Crippen LogP contribution in [0.4, 0.5) is 0 Å². The van der Waals surface area contributed by atoms with Gasteiger partial charge in [0, 0.05) is 6.42 Å². The Labute approximate surface area is 180 Å². The lowest BCUT2D eigenvalue weighted by Gasteiger charge is -2.00. The molecule has 0 unspecified atom stereocenters. The molecule has 3 aliphatic rings. The molecule has 0 atom stereocenters. The molecule has 0 fully saturated rings. The van der Waals surface area contributed by atoms with Crippen molar-refractivity contribution in [3.63, 3.8) is 0 Å². The van der Waals surface area contributed by atoms with Crippen LogP contribution in [0.1, 0.15) is 50.9 Å². The van der Waals surface area contributed by atoms with Crippen LogP contribution in [0.15, 0.2) is 54.6 Å². The lowest BCUT2D eigenvalue weighted by Crippen LogP contribution is -1.87. The van der Waals surface area contributed by atoms with E-state index in [2.05, 4.69) is 75.4 Å². The summed E-state index contributed by atoms with van der Waals surface area (Å²) in [5, 5.41) is 0. The first-order valence-corrected chi connectivity index (χ1v) is 11.1. The Balaban J connectivity index is 0.000000109. The highest BCUT2D eigenvalue weighted by Crippen LogP contribution is 2.28. The normalized spacial score (nSPS) is 15.0. The summed E-state index contributed by atoms with van der Waals surface area (Å²) in [6, 6.07) is 19.5. The van der Waals surface area contributed by atoms with E-state index < -0.39 is 0 Å². The highest BCUT2D eigenvalue weighted by Gasteiger charge is 2.13. The molecule has 2 nitrogen and oxygen atoms in total. The lowest BCUT2D eigenvalue weighted by atomic mass is 10.1. The van der Waals surface area contributed by atoms with Gasteiger partial charge in [-0.25, -0.2) is 0 Å². The maximum Gasteiger partial charge on any atom is 0.125 e. The largest absolute Gasteiger partial charge is 0.493 e. The number of hydrogen-bond acceptors (Lipinski definition) is 2. The summed E-state index contributed by atoms with van der Waals surface area (Å²) >= 11 is 0. The van der Waals surface area contributed by atoms with Crippen LogP contribution in [0, 0.1) is 20.8 Å². The Bertz CT molecular complexity index is 964. The molecule has 2 heteroatoms. The maximum absolute atomic E-state index is 5.43. The van der Waals surface area contributed by atoms with Gasteiger partial charge < -0.3 is 9.47 Å². The van der Waals surface area contributed by atoms with Crippen LogP contribution >= 0.6 is 0 Å². The number of para-hydroxylation sites is 1. The summed E-state index contributed by atoms with van der Waals surface area (Å²) in [5.74, 6) is 1.11. The van der Waals surface area contributed by atoms with E-state index in [1.165, 1.54) is 52.6 Å². The second kappa shape index (κ2) is 9.49. The monoisotopic (exact) mass is 400 g/mol. The minimum absolute atomic E-state index is 0.803. The van der Waals surface area contributed by atoms with E-state index in [0.29, 0.717) is 0 Å². The zero-order chi connectivity index (χ0) is 20.9. The van der Waals surface area contributed by atoms with E-state index in [1.54, 1.807) is 11.1 Å². The van der Waals surface area contributed by atoms with Crippen molar-refractivity contribution in [3.8, 4) is 5.75 Å². The molecule has 0 bridgehead atoms. The van der Waals surface area contributed by atoms with E-state index >= 15 is 0 Å². The standard InChI is InChI=1S/C10H12.2C9H10O/c1-8-5-6-9-3-2-4-10(9)7-8;1-7-3-2-4-8-5-10-6-9(7)8;1-7-3-2-4-8-5-6-10-9(7)8/h5-7H,2-4H2,1H3;2*2-4H,5-6H2,1H3. The molecule has 0 spiro atoms. The first-order valence-electron chi connectivity index (χ1n) is 11.1.